The van der Waals surface area contributed by atoms with Gasteiger partial charge < -0.3 is 19.6 Å². The van der Waals surface area contributed by atoms with Crippen molar-refractivity contribution < 1.29 is 32.6 Å². The number of carboxylic acids is 1. The van der Waals surface area contributed by atoms with Crippen LogP contribution in [0.2, 0.25) is 5.02 Å². The summed E-state index contributed by atoms with van der Waals surface area (Å²) in [5.74, 6) is -2.77. The summed E-state index contributed by atoms with van der Waals surface area (Å²) in [6, 6.07) is 1.21. The summed E-state index contributed by atoms with van der Waals surface area (Å²) >= 11 is 7.57. The third-order valence-corrected chi connectivity index (χ3v) is 8.35. The molecule has 1 fully saturated rings. The van der Waals surface area contributed by atoms with E-state index in [4.69, 9.17) is 25.9 Å². The van der Waals surface area contributed by atoms with Gasteiger partial charge in [-0.1, -0.05) is 17.7 Å². The second-order valence-corrected chi connectivity index (χ2v) is 10.9. The van der Waals surface area contributed by atoms with Crippen LogP contribution < -0.4 is 5.32 Å². The molecule has 0 bridgehead atoms. The number of benzene rings is 1. The second-order valence-electron chi connectivity index (χ2n) is 9.60. The van der Waals surface area contributed by atoms with Crippen LogP contribution in [0.25, 0.3) is 0 Å². The maximum atomic E-state index is 14.5. The molecule has 210 valence electrons. The smallest absolute Gasteiger partial charge is 0.338 e. The molecule has 1 saturated carbocycles. The third kappa shape index (κ3) is 5.37. The van der Waals surface area contributed by atoms with E-state index < -0.39 is 34.6 Å². The molecular formula is C27H25ClF2N4O5S. The monoisotopic (exact) mass is 590 g/mol. The Hall–Kier alpha value is -3.64. The van der Waals surface area contributed by atoms with Gasteiger partial charge in [0.1, 0.15) is 11.8 Å². The van der Waals surface area contributed by atoms with Gasteiger partial charge in [-0.2, -0.15) is 0 Å². The minimum Gasteiger partial charge on any atom is -0.481 e. The summed E-state index contributed by atoms with van der Waals surface area (Å²) in [6.45, 7) is 1.70. The van der Waals surface area contributed by atoms with Gasteiger partial charge in [0.05, 0.1) is 29.8 Å². The Balaban J connectivity index is 1.50. The molecule has 2 N–H and O–H groups in total. The largest absolute Gasteiger partial charge is 0.481 e. The first-order valence-corrected chi connectivity index (χ1v) is 13.8. The predicted octanol–water partition coefficient (Wildman–Crippen LogP) is 5.49. The molecule has 40 heavy (non-hydrogen) atoms. The number of methoxy groups -OCH3 is 1. The molecule has 1 aromatic carbocycles. The number of nitrogens with one attached hydrogen (secondary N) is 1. The number of carbonyl (C=O) groups is 2. The number of aryl methyl sites for hydroxylation is 1. The van der Waals surface area contributed by atoms with Crippen LogP contribution >= 0.6 is 22.9 Å². The number of aliphatic carboxylic acids is 1. The molecule has 9 nitrogen and oxygen atoms in total. The van der Waals surface area contributed by atoms with E-state index in [-0.39, 0.29) is 29.4 Å². The highest BCUT2D eigenvalue weighted by Gasteiger charge is 2.39. The SMILES string of the molecule is COC(=O)C1=C(C2CCC(c3nc(CC(=O)O)c(C)o3)CC2)NC(c2nccs2)=NC1c1ccc(F)c(F)c1Cl. The Kier molecular flexibility index (Phi) is 7.99. The molecule has 3 heterocycles. The molecule has 5 rings (SSSR count). The van der Waals surface area contributed by atoms with Crippen LogP contribution in [0.5, 0.6) is 0 Å². The van der Waals surface area contributed by atoms with Crippen molar-refractivity contribution >= 4 is 40.7 Å². The fraction of sp³-hybridized carbons (Fsp3) is 0.370. The number of allylic oxidation sites excluding steroid dienone is 1. The Morgan fingerprint density at radius 3 is 2.60 bits per heavy atom. The highest BCUT2D eigenvalue weighted by molar-refractivity contribution is 7.11. The average Bonchev–Trinajstić information content (AvgIpc) is 3.61. The summed E-state index contributed by atoms with van der Waals surface area (Å²) in [5, 5.41) is 14.3. The lowest BCUT2D eigenvalue weighted by molar-refractivity contribution is -0.137. The molecule has 0 saturated heterocycles. The van der Waals surface area contributed by atoms with Gasteiger partial charge in [-0.15, -0.1) is 11.3 Å². The summed E-state index contributed by atoms with van der Waals surface area (Å²) in [6.07, 6.45) is 4.00. The first-order valence-electron chi connectivity index (χ1n) is 12.6. The van der Waals surface area contributed by atoms with Crippen LogP contribution in [-0.2, 0) is 20.7 Å². The minimum atomic E-state index is -1.22. The van der Waals surface area contributed by atoms with Gasteiger partial charge in [-0.05, 0) is 44.6 Å². The summed E-state index contributed by atoms with van der Waals surface area (Å²) < 4.78 is 39.4. The molecule has 2 aromatic heterocycles. The van der Waals surface area contributed by atoms with Crippen LogP contribution in [0.4, 0.5) is 8.78 Å². The Labute approximate surface area is 237 Å². The van der Waals surface area contributed by atoms with Gasteiger partial charge in [0.2, 0.25) is 0 Å². The molecule has 2 aliphatic rings. The highest BCUT2D eigenvalue weighted by Crippen LogP contribution is 2.44. The summed E-state index contributed by atoms with van der Waals surface area (Å²) in [4.78, 5) is 37.8. The van der Waals surface area contributed by atoms with Gasteiger partial charge in [0, 0.05) is 28.8 Å². The number of ether oxygens (including phenoxy) is 1. The molecule has 13 heteroatoms. The zero-order chi connectivity index (χ0) is 28.6. The minimum absolute atomic E-state index is 0.0215. The van der Waals surface area contributed by atoms with Gasteiger partial charge in [-0.25, -0.2) is 23.5 Å². The lowest BCUT2D eigenvalue weighted by Gasteiger charge is -2.34. The fourth-order valence-electron chi connectivity index (χ4n) is 5.21. The van der Waals surface area contributed by atoms with Crippen molar-refractivity contribution in [2.24, 2.45) is 10.9 Å². The van der Waals surface area contributed by atoms with Gasteiger partial charge in [0.25, 0.3) is 0 Å². The molecule has 1 atom stereocenters. The van der Waals surface area contributed by atoms with Crippen LogP contribution in [0.1, 0.15) is 65.6 Å². The standard InChI is InChI=1S/C27H25ClF2N4O5S/c1-12-17(11-18(35)36)32-25(39-12)14-5-3-13(4-6-14)22-19(27(37)38-2)23(15-7-8-16(29)21(30)20(15)28)34-24(33-22)26-31-9-10-40-26/h7-10,13-14,23H,3-6,11H2,1-2H3,(H,33,34)(H,35,36). The molecule has 0 radical (unpaired) electrons. The number of hydrogen-bond acceptors (Lipinski definition) is 9. The topological polar surface area (TPSA) is 127 Å². The molecular weight excluding hydrogens is 566 g/mol. The van der Waals surface area contributed by atoms with Gasteiger partial charge in [-0.3, -0.25) is 9.79 Å². The molecule has 1 aliphatic carbocycles. The molecule has 0 spiro atoms. The molecule has 0 amide bonds. The van der Waals surface area contributed by atoms with E-state index in [9.17, 15) is 18.4 Å². The maximum absolute atomic E-state index is 14.5. The van der Waals surface area contributed by atoms with E-state index in [1.165, 1.54) is 24.5 Å². The van der Waals surface area contributed by atoms with Crippen molar-refractivity contribution in [2.45, 2.75) is 51.0 Å². The number of amidine groups is 1. The van der Waals surface area contributed by atoms with E-state index in [1.807, 2.05) is 0 Å². The Bertz CT molecular complexity index is 1510. The number of oxazole rings is 1. The number of carbonyl (C=O) groups excluding carboxylic acids is 1. The van der Waals surface area contributed by atoms with E-state index in [0.717, 1.165) is 6.07 Å². The number of hydrogen-bond donors (Lipinski definition) is 2. The lowest BCUT2D eigenvalue weighted by atomic mass is 9.78. The highest BCUT2D eigenvalue weighted by atomic mass is 35.5. The number of rotatable bonds is 7. The molecule has 3 aromatic rings. The van der Waals surface area contributed by atoms with Crippen molar-refractivity contribution in [1.82, 2.24) is 15.3 Å². The summed E-state index contributed by atoms with van der Waals surface area (Å²) in [7, 11) is 1.24. The van der Waals surface area contributed by atoms with E-state index in [1.54, 1.807) is 18.5 Å². The third-order valence-electron chi connectivity index (χ3n) is 7.19. The van der Waals surface area contributed by atoms with Crippen molar-refractivity contribution in [3.05, 3.63) is 79.6 Å². The number of carboxylic acid groups (broad SMARTS) is 1. The van der Waals surface area contributed by atoms with E-state index in [0.29, 0.717) is 59.6 Å². The first-order chi connectivity index (χ1) is 19.2. The van der Waals surface area contributed by atoms with Crippen molar-refractivity contribution in [1.29, 1.82) is 0 Å². The predicted molar refractivity (Wildman–Crippen MR) is 142 cm³/mol. The number of aromatic nitrogens is 2. The zero-order valence-electron chi connectivity index (χ0n) is 21.5. The quantitative estimate of drug-likeness (QED) is 0.273. The van der Waals surface area contributed by atoms with Gasteiger partial charge >= 0.3 is 11.9 Å². The van der Waals surface area contributed by atoms with E-state index >= 15 is 0 Å². The number of aliphatic imine (C=N–C) groups is 1. The van der Waals surface area contributed by atoms with Crippen LogP contribution in [0, 0.1) is 24.5 Å². The van der Waals surface area contributed by atoms with Crippen molar-refractivity contribution in [3.8, 4) is 0 Å². The summed E-state index contributed by atoms with van der Waals surface area (Å²) in [5.41, 5.74) is 1.26. The van der Waals surface area contributed by atoms with Crippen LogP contribution in [-0.4, -0.2) is 40.0 Å². The number of esters is 1. The second kappa shape index (κ2) is 11.5. The van der Waals surface area contributed by atoms with Crippen molar-refractivity contribution in [3.63, 3.8) is 0 Å². The first kappa shape index (κ1) is 27.9. The number of nitrogens with zero attached hydrogens (tertiary/aromatic N) is 3. The van der Waals surface area contributed by atoms with Crippen LogP contribution in [0.15, 0.2) is 44.4 Å². The lowest BCUT2D eigenvalue weighted by Crippen LogP contribution is -2.37. The number of halogens is 3. The molecule has 1 unspecified atom stereocenters. The Morgan fingerprint density at radius 2 is 1.95 bits per heavy atom. The normalized spacial score (nSPS) is 21.1. The van der Waals surface area contributed by atoms with Crippen LogP contribution in [0.3, 0.4) is 0 Å². The average molecular weight is 591 g/mol. The fourth-order valence-corrected chi connectivity index (χ4v) is 6.05. The molecule has 1 aliphatic heterocycles. The van der Waals surface area contributed by atoms with E-state index in [2.05, 4.69) is 20.3 Å². The Morgan fingerprint density at radius 1 is 1.23 bits per heavy atom. The maximum Gasteiger partial charge on any atom is 0.338 e. The van der Waals surface area contributed by atoms with Crippen molar-refractivity contribution in [2.75, 3.05) is 7.11 Å². The van der Waals surface area contributed by atoms with Gasteiger partial charge in [0.15, 0.2) is 28.4 Å². The number of thiazole rings is 1. The zero-order valence-corrected chi connectivity index (χ0v) is 23.1.